The Bertz CT molecular complexity index is 846. The van der Waals surface area contributed by atoms with Crippen molar-refractivity contribution in [1.82, 2.24) is 14.9 Å². The Labute approximate surface area is 180 Å². The van der Waals surface area contributed by atoms with E-state index in [-0.39, 0.29) is 24.2 Å². The second-order valence-corrected chi connectivity index (χ2v) is 8.38. The highest BCUT2D eigenvalue weighted by molar-refractivity contribution is 9.10. The van der Waals surface area contributed by atoms with Gasteiger partial charge in [-0.25, -0.2) is 0 Å². The van der Waals surface area contributed by atoms with Gasteiger partial charge in [0.2, 0.25) is 5.91 Å². The largest absolute Gasteiger partial charge is 0.493 e. The smallest absolute Gasteiger partial charge is 0.297 e. The zero-order chi connectivity index (χ0) is 21.0. The van der Waals surface area contributed by atoms with Gasteiger partial charge in [-0.1, -0.05) is 0 Å². The van der Waals surface area contributed by atoms with Crippen molar-refractivity contribution in [2.24, 2.45) is 7.05 Å². The molecule has 1 aromatic heterocycles. The molecular weight excluding hydrogens is 438 g/mol. The molecule has 0 bridgehead atoms. The van der Waals surface area contributed by atoms with Crippen LogP contribution in [0, 0.1) is 0 Å². The van der Waals surface area contributed by atoms with Crippen LogP contribution in [0.3, 0.4) is 0 Å². The van der Waals surface area contributed by atoms with E-state index in [1.165, 1.54) is 6.92 Å². The van der Waals surface area contributed by atoms with Crippen LogP contribution >= 0.6 is 15.9 Å². The van der Waals surface area contributed by atoms with Crippen molar-refractivity contribution in [3.63, 3.8) is 0 Å². The number of fused-ring (bicyclic) bond motifs is 1. The summed E-state index contributed by atoms with van der Waals surface area (Å²) >= 11 is 3.64. The first-order chi connectivity index (χ1) is 13.9. The lowest BCUT2D eigenvalue weighted by atomic mass is 9.95. The van der Waals surface area contributed by atoms with Gasteiger partial charge in [-0.2, -0.15) is 4.98 Å². The van der Waals surface area contributed by atoms with Crippen LogP contribution in [0.5, 0.6) is 11.8 Å². The lowest BCUT2D eigenvalue weighted by Gasteiger charge is -2.29. The molecule has 1 aliphatic carbocycles. The van der Waals surface area contributed by atoms with Crippen molar-refractivity contribution < 1.29 is 19.0 Å². The maximum Gasteiger partial charge on any atom is 0.297 e. The lowest BCUT2D eigenvalue weighted by molar-refractivity contribution is -0.120. The number of aryl methyl sites for hydroxylation is 1. The minimum absolute atomic E-state index is 0.0272. The third kappa shape index (κ3) is 5.42. The third-order valence-electron chi connectivity index (χ3n) is 5.12. The van der Waals surface area contributed by atoms with Gasteiger partial charge in [-0.15, -0.1) is 0 Å². The number of carbonyl (C=O) groups excluding carboxylic acids is 1. The van der Waals surface area contributed by atoms with Gasteiger partial charge >= 0.3 is 0 Å². The molecule has 0 spiro atoms. The Morgan fingerprint density at radius 1 is 1.31 bits per heavy atom. The molecule has 29 heavy (non-hydrogen) atoms. The van der Waals surface area contributed by atoms with E-state index >= 15 is 0 Å². The van der Waals surface area contributed by atoms with E-state index in [1.807, 2.05) is 37.6 Å². The van der Waals surface area contributed by atoms with Crippen LogP contribution in [-0.2, 0) is 16.6 Å². The summed E-state index contributed by atoms with van der Waals surface area (Å²) in [6.07, 6.45) is 4.08. The molecule has 1 atom stereocenters. The van der Waals surface area contributed by atoms with Crippen molar-refractivity contribution in [2.45, 2.75) is 64.7 Å². The molecule has 0 radical (unpaired) electrons. The summed E-state index contributed by atoms with van der Waals surface area (Å²) in [5.74, 6) is 0.779. The molecule has 1 saturated carbocycles. The summed E-state index contributed by atoms with van der Waals surface area (Å²) in [5, 5.41) is 2.85. The number of benzene rings is 1. The molecule has 8 heteroatoms. The van der Waals surface area contributed by atoms with Crippen LogP contribution in [0.25, 0.3) is 11.0 Å². The fourth-order valence-corrected chi connectivity index (χ4v) is 4.44. The summed E-state index contributed by atoms with van der Waals surface area (Å²) in [6.45, 7) is 6.60. The van der Waals surface area contributed by atoms with Crippen LogP contribution in [0.2, 0.25) is 0 Å². The molecule has 0 aliphatic heterocycles. The SMILES string of the molecule is CCOc1ccc2nc(OC3CCC(OC[C@H](C)NC(C)=O)CC3)n(C)c2c1Br. The fourth-order valence-electron chi connectivity index (χ4n) is 3.73. The van der Waals surface area contributed by atoms with Gasteiger partial charge in [-0.05, 0) is 67.6 Å². The first-order valence-electron chi connectivity index (χ1n) is 10.2. The van der Waals surface area contributed by atoms with Crippen LogP contribution in [0.15, 0.2) is 16.6 Å². The van der Waals surface area contributed by atoms with Crippen molar-refractivity contribution in [3.8, 4) is 11.8 Å². The zero-order valence-electron chi connectivity index (χ0n) is 17.5. The molecular formula is C21H30BrN3O4. The maximum atomic E-state index is 11.1. The van der Waals surface area contributed by atoms with E-state index < -0.39 is 0 Å². The van der Waals surface area contributed by atoms with Crippen LogP contribution in [0.1, 0.15) is 46.5 Å². The van der Waals surface area contributed by atoms with E-state index in [0.29, 0.717) is 19.2 Å². The second-order valence-electron chi connectivity index (χ2n) is 7.58. The number of nitrogens with zero attached hydrogens (tertiary/aromatic N) is 2. The van der Waals surface area contributed by atoms with Crippen molar-refractivity contribution in [3.05, 3.63) is 16.6 Å². The van der Waals surface area contributed by atoms with Crippen molar-refractivity contribution in [2.75, 3.05) is 13.2 Å². The van der Waals surface area contributed by atoms with Gasteiger partial charge in [0.25, 0.3) is 6.01 Å². The van der Waals surface area contributed by atoms with E-state index in [0.717, 1.165) is 46.9 Å². The number of amides is 1. The molecule has 1 fully saturated rings. The predicted molar refractivity (Wildman–Crippen MR) is 115 cm³/mol. The standard InChI is InChI=1S/C21H30BrN3O4/c1-5-27-18-11-10-17-20(19(18)22)25(4)21(24-17)29-16-8-6-15(7-9-16)28-12-13(2)23-14(3)26/h10-11,13,15-16H,5-9,12H2,1-4H3,(H,23,26)/t13-,15?,16?/m0/s1. The lowest BCUT2D eigenvalue weighted by Crippen LogP contribution is -2.37. The molecule has 1 aliphatic rings. The summed E-state index contributed by atoms with van der Waals surface area (Å²) in [7, 11) is 1.96. The molecule has 1 heterocycles. The van der Waals surface area contributed by atoms with Crippen molar-refractivity contribution >= 4 is 32.9 Å². The number of nitrogens with one attached hydrogen (secondary N) is 1. The number of ether oxygens (including phenoxy) is 3. The number of hydrogen-bond donors (Lipinski definition) is 1. The van der Waals surface area contributed by atoms with Crippen LogP contribution < -0.4 is 14.8 Å². The Balaban J connectivity index is 1.56. The Morgan fingerprint density at radius 2 is 2.00 bits per heavy atom. The minimum Gasteiger partial charge on any atom is -0.493 e. The number of aromatic nitrogens is 2. The Morgan fingerprint density at radius 3 is 2.66 bits per heavy atom. The highest BCUT2D eigenvalue weighted by atomic mass is 79.9. The molecule has 160 valence electrons. The highest BCUT2D eigenvalue weighted by Crippen LogP contribution is 2.35. The summed E-state index contributed by atoms with van der Waals surface area (Å²) in [4.78, 5) is 15.7. The van der Waals surface area contributed by atoms with E-state index in [2.05, 4.69) is 26.2 Å². The predicted octanol–water partition coefficient (Wildman–Crippen LogP) is 3.97. The third-order valence-corrected chi connectivity index (χ3v) is 5.89. The van der Waals surface area contributed by atoms with Crippen LogP contribution in [0.4, 0.5) is 0 Å². The summed E-state index contributed by atoms with van der Waals surface area (Å²) < 4.78 is 20.7. The molecule has 1 N–H and O–H groups in total. The zero-order valence-corrected chi connectivity index (χ0v) is 19.1. The number of hydrogen-bond acceptors (Lipinski definition) is 5. The fraction of sp³-hybridized carbons (Fsp3) is 0.619. The monoisotopic (exact) mass is 467 g/mol. The van der Waals surface area contributed by atoms with E-state index in [9.17, 15) is 4.79 Å². The molecule has 1 aromatic carbocycles. The Kier molecular flexibility index (Phi) is 7.40. The molecule has 3 rings (SSSR count). The number of halogens is 1. The normalized spacial score (nSPS) is 20.4. The average molecular weight is 468 g/mol. The average Bonchev–Trinajstić information content (AvgIpc) is 2.99. The minimum atomic E-state index is -0.0272. The van der Waals surface area contributed by atoms with Gasteiger partial charge in [-0.3, -0.25) is 9.36 Å². The number of rotatable bonds is 8. The molecule has 2 aromatic rings. The molecule has 7 nitrogen and oxygen atoms in total. The van der Waals surface area contributed by atoms with Gasteiger partial charge < -0.3 is 19.5 Å². The highest BCUT2D eigenvalue weighted by Gasteiger charge is 2.25. The number of carbonyl (C=O) groups is 1. The van der Waals surface area contributed by atoms with Gasteiger partial charge in [0.05, 0.1) is 34.8 Å². The van der Waals surface area contributed by atoms with Gasteiger partial charge in [0.15, 0.2) is 0 Å². The first kappa shape index (κ1) is 21.9. The maximum absolute atomic E-state index is 11.1. The van der Waals surface area contributed by atoms with Gasteiger partial charge in [0.1, 0.15) is 11.9 Å². The number of imidazole rings is 1. The molecule has 0 saturated heterocycles. The van der Waals surface area contributed by atoms with E-state index in [4.69, 9.17) is 14.2 Å². The first-order valence-corrected chi connectivity index (χ1v) is 11.0. The van der Waals surface area contributed by atoms with Crippen LogP contribution in [-0.4, -0.2) is 46.9 Å². The molecule has 1 amide bonds. The molecule has 0 unspecified atom stereocenters. The van der Waals surface area contributed by atoms with E-state index in [1.54, 1.807) is 0 Å². The summed E-state index contributed by atoms with van der Waals surface area (Å²) in [5.41, 5.74) is 1.84. The topological polar surface area (TPSA) is 74.6 Å². The quantitative estimate of drug-likeness (QED) is 0.635. The Hall–Kier alpha value is -1.80. The second kappa shape index (κ2) is 9.80. The summed E-state index contributed by atoms with van der Waals surface area (Å²) in [6, 6.07) is 4.54. The van der Waals surface area contributed by atoms with Gasteiger partial charge in [0, 0.05) is 20.0 Å². The van der Waals surface area contributed by atoms with Crippen molar-refractivity contribution in [1.29, 1.82) is 0 Å².